The Morgan fingerprint density at radius 3 is 2.68 bits per heavy atom. The summed E-state index contributed by atoms with van der Waals surface area (Å²) in [7, 11) is 0. The molecule has 1 rings (SSSR count). The van der Waals surface area contributed by atoms with Crippen molar-refractivity contribution in [3.05, 3.63) is 24.0 Å². The van der Waals surface area contributed by atoms with Crippen LogP contribution < -0.4 is 10.1 Å². The fraction of sp³-hybridized carbons (Fsp3) is 0.667. The molecule has 0 radical (unpaired) electrons. The Morgan fingerprint density at radius 2 is 2.05 bits per heavy atom. The molecule has 0 saturated carbocycles. The van der Waals surface area contributed by atoms with E-state index in [-0.39, 0.29) is 12.1 Å². The second-order valence-electron chi connectivity index (χ2n) is 4.78. The third kappa shape index (κ3) is 6.03. The van der Waals surface area contributed by atoms with Gasteiger partial charge >= 0.3 is 0 Å². The van der Waals surface area contributed by atoms with Gasteiger partial charge in [-0.15, -0.1) is 0 Å². The highest BCUT2D eigenvalue weighted by atomic mass is 16.5. The van der Waals surface area contributed by atoms with Crippen LogP contribution in [0.15, 0.2) is 18.5 Å². The van der Waals surface area contributed by atoms with E-state index in [0.29, 0.717) is 13.2 Å². The highest BCUT2D eigenvalue weighted by Gasteiger charge is 2.13. The van der Waals surface area contributed by atoms with Crippen LogP contribution in [0, 0.1) is 0 Å². The van der Waals surface area contributed by atoms with Gasteiger partial charge in [0, 0.05) is 6.20 Å². The lowest BCUT2D eigenvalue weighted by atomic mass is 10.1. The summed E-state index contributed by atoms with van der Waals surface area (Å²) in [5.41, 5.74) is 1.11. The number of pyridine rings is 1. The fourth-order valence-corrected chi connectivity index (χ4v) is 1.75. The minimum atomic E-state index is 0.162. The van der Waals surface area contributed by atoms with Gasteiger partial charge in [0.15, 0.2) is 0 Å². The average molecular weight is 266 g/mol. The molecule has 1 N–H and O–H groups in total. The van der Waals surface area contributed by atoms with Gasteiger partial charge in [0.2, 0.25) is 0 Å². The van der Waals surface area contributed by atoms with Crippen molar-refractivity contribution in [3.8, 4) is 5.75 Å². The van der Waals surface area contributed by atoms with E-state index in [1.54, 1.807) is 6.20 Å². The van der Waals surface area contributed by atoms with Crippen molar-refractivity contribution in [1.29, 1.82) is 0 Å². The molecule has 0 aliphatic rings. The number of nitrogens with one attached hydrogen (secondary N) is 1. The van der Waals surface area contributed by atoms with Gasteiger partial charge in [-0.3, -0.25) is 4.98 Å². The monoisotopic (exact) mass is 266 g/mol. The van der Waals surface area contributed by atoms with Crippen LogP contribution in [0.1, 0.15) is 45.7 Å². The number of hydrogen-bond acceptors (Lipinski definition) is 4. The van der Waals surface area contributed by atoms with Gasteiger partial charge in [0.1, 0.15) is 5.75 Å². The van der Waals surface area contributed by atoms with Gasteiger partial charge in [0.05, 0.1) is 31.6 Å². The Bertz CT molecular complexity index is 356. The molecule has 1 unspecified atom stereocenters. The SMILES string of the molecule is CCCNC(COC(C)C)c1cncc(OCC)c1. The molecule has 1 aromatic rings. The molecule has 1 atom stereocenters. The molecule has 0 aromatic carbocycles. The highest BCUT2D eigenvalue weighted by molar-refractivity contribution is 5.26. The van der Waals surface area contributed by atoms with Crippen LogP contribution in [0.2, 0.25) is 0 Å². The highest BCUT2D eigenvalue weighted by Crippen LogP contribution is 2.18. The van der Waals surface area contributed by atoms with Crippen molar-refractivity contribution in [1.82, 2.24) is 10.3 Å². The van der Waals surface area contributed by atoms with E-state index in [0.717, 1.165) is 24.3 Å². The molecule has 108 valence electrons. The molecular weight excluding hydrogens is 240 g/mol. The molecule has 4 nitrogen and oxygen atoms in total. The minimum Gasteiger partial charge on any atom is -0.492 e. The zero-order valence-corrected chi connectivity index (χ0v) is 12.5. The maximum Gasteiger partial charge on any atom is 0.137 e. The second kappa shape index (κ2) is 8.88. The molecule has 0 saturated heterocycles. The summed E-state index contributed by atoms with van der Waals surface area (Å²) >= 11 is 0. The largest absolute Gasteiger partial charge is 0.492 e. The van der Waals surface area contributed by atoms with Crippen molar-refractivity contribution >= 4 is 0 Å². The van der Waals surface area contributed by atoms with E-state index in [1.165, 1.54) is 0 Å². The predicted molar refractivity (Wildman–Crippen MR) is 77.5 cm³/mol. The van der Waals surface area contributed by atoms with E-state index in [2.05, 4.69) is 17.2 Å². The number of nitrogens with zero attached hydrogens (tertiary/aromatic N) is 1. The maximum atomic E-state index is 5.72. The minimum absolute atomic E-state index is 0.162. The van der Waals surface area contributed by atoms with E-state index < -0.39 is 0 Å². The first-order valence-corrected chi connectivity index (χ1v) is 7.10. The molecule has 0 aliphatic heterocycles. The summed E-state index contributed by atoms with van der Waals surface area (Å²) in [5.74, 6) is 0.813. The van der Waals surface area contributed by atoms with Crippen LogP contribution in [-0.4, -0.2) is 30.8 Å². The van der Waals surface area contributed by atoms with Crippen molar-refractivity contribution in [2.24, 2.45) is 0 Å². The van der Waals surface area contributed by atoms with Crippen LogP contribution >= 0.6 is 0 Å². The van der Waals surface area contributed by atoms with E-state index in [9.17, 15) is 0 Å². The molecule has 0 aliphatic carbocycles. The third-order valence-corrected chi connectivity index (χ3v) is 2.68. The summed E-state index contributed by atoms with van der Waals surface area (Å²) in [6, 6.07) is 2.20. The second-order valence-corrected chi connectivity index (χ2v) is 4.78. The summed E-state index contributed by atoms with van der Waals surface area (Å²) in [6.45, 7) is 10.5. The first-order chi connectivity index (χ1) is 9.17. The Balaban J connectivity index is 2.73. The molecule has 19 heavy (non-hydrogen) atoms. The van der Waals surface area contributed by atoms with Crippen LogP contribution in [0.25, 0.3) is 0 Å². The molecule has 0 spiro atoms. The molecular formula is C15H26N2O2. The van der Waals surface area contributed by atoms with E-state index in [4.69, 9.17) is 9.47 Å². The molecule has 4 heteroatoms. The van der Waals surface area contributed by atoms with Crippen molar-refractivity contribution in [2.45, 2.75) is 46.3 Å². The lowest BCUT2D eigenvalue weighted by molar-refractivity contribution is 0.0610. The van der Waals surface area contributed by atoms with Crippen LogP contribution in [0.4, 0.5) is 0 Å². The lowest BCUT2D eigenvalue weighted by Crippen LogP contribution is -2.27. The van der Waals surface area contributed by atoms with Gasteiger partial charge in [-0.05, 0) is 45.4 Å². The van der Waals surface area contributed by atoms with Crippen LogP contribution in [0.3, 0.4) is 0 Å². The summed E-state index contributed by atoms with van der Waals surface area (Å²) in [4.78, 5) is 4.24. The zero-order valence-electron chi connectivity index (χ0n) is 12.5. The first-order valence-electron chi connectivity index (χ1n) is 7.10. The summed E-state index contributed by atoms with van der Waals surface area (Å²) < 4.78 is 11.2. The number of aromatic nitrogens is 1. The molecule has 0 bridgehead atoms. The van der Waals surface area contributed by atoms with E-state index in [1.807, 2.05) is 33.0 Å². The fourth-order valence-electron chi connectivity index (χ4n) is 1.75. The van der Waals surface area contributed by atoms with E-state index >= 15 is 0 Å². The number of ether oxygens (including phenoxy) is 2. The molecule has 1 heterocycles. The lowest BCUT2D eigenvalue weighted by Gasteiger charge is -2.20. The predicted octanol–water partition coefficient (Wildman–Crippen LogP) is 2.95. The number of rotatable bonds is 9. The Hall–Kier alpha value is -1.13. The van der Waals surface area contributed by atoms with Crippen molar-refractivity contribution in [2.75, 3.05) is 19.8 Å². The van der Waals surface area contributed by atoms with Crippen LogP contribution in [-0.2, 0) is 4.74 Å². The average Bonchev–Trinajstić information content (AvgIpc) is 2.39. The molecule has 1 aromatic heterocycles. The van der Waals surface area contributed by atoms with Gasteiger partial charge in [-0.1, -0.05) is 6.92 Å². The van der Waals surface area contributed by atoms with Gasteiger partial charge in [-0.25, -0.2) is 0 Å². The quantitative estimate of drug-likeness (QED) is 0.746. The molecule has 0 fully saturated rings. The van der Waals surface area contributed by atoms with Crippen LogP contribution in [0.5, 0.6) is 5.75 Å². The topological polar surface area (TPSA) is 43.4 Å². The van der Waals surface area contributed by atoms with Gasteiger partial charge < -0.3 is 14.8 Å². The zero-order chi connectivity index (χ0) is 14.1. The van der Waals surface area contributed by atoms with Gasteiger partial charge in [-0.2, -0.15) is 0 Å². The first kappa shape index (κ1) is 15.9. The summed E-state index contributed by atoms with van der Waals surface area (Å²) in [5, 5.41) is 3.49. The molecule has 0 amide bonds. The smallest absolute Gasteiger partial charge is 0.137 e. The standard InChI is InChI=1S/C15H26N2O2/c1-5-7-17-15(11-19-12(3)4)13-8-14(18-6-2)10-16-9-13/h8-10,12,15,17H,5-7,11H2,1-4H3. The Labute approximate surface area is 116 Å². The Kier molecular flexibility index (Phi) is 7.45. The van der Waals surface area contributed by atoms with Gasteiger partial charge in [0.25, 0.3) is 0 Å². The summed E-state index contributed by atoms with van der Waals surface area (Å²) in [6.07, 6.45) is 4.94. The van der Waals surface area contributed by atoms with Crippen molar-refractivity contribution < 1.29 is 9.47 Å². The van der Waals surface area contributed by atoms with Crippen molar-refractivity contribution in [3.63, 3.8) is 0 Å². The Morgan fingerprint density at radius 1 is 1.26 bits per heavy atom. The number of hydrogen-bond donors (Lipinski definition) is 1. The normalized spacial score (nSPS) is 12.7. The third-order valence-electron chi connectivity index (χ3n) is 2.68. The maximum absolute atomic E-state index is 5.72.